The lowest BCUT2D eigenvalue weighted by molar-refractivity contribution is -0.123. The molecular formula is C10H12O4. The van der Waals surface area contributed by atoms with E-state index in [0.29, 0.717) is 0 Å². The Morgan fingerprint density at radius 3 is 2.43 bits per heavy atom. The second-order valence-electron chi connectivity index (χ2n) is 3.51. The fourth-order valence-electron chi connectivity index (χ4n) is 1.23. The highest BCUT2D eigenvalue weighted by atomic mass is 16.3. The van der Waals surface area contributed by atoms with Gasteiger partial charge in [-0.2, -0.15) is 0 Å². The summed E-state index contributed by atoms with van der Waals surface area (Å²) in [6.45, 7) is 3.39. The topological polar surface area (TPSA) is 74.6 Å². The van der Waals surface area contributed by atoms with Gasteiger partial charge in [0.25, 0.3) is 0 Å². The average molecular weight is 196 g/mol. The Labute approximate surface area is 81.6 Å². The third kappa shape index (κ3) is 1.84. The first-order valence-corrected chi connectivity index (χ1v) is 4.33. The molecule has 0 unspecified atom stereocenters. The predicted molar refractivity (Wildman–Crippen MR) is 49.8 cm³/mol. The van der Waals surface area contributed by atoms with Crippen molar-refractivity contribution in [1.29, 1.82) is 0 Å². The minimum Gasteiger partial charge on any atom is -0.511 e. The molecule has 0 atom stereocenters. The van der Waals surface area contributed by atoms with Gasteiger partial charge in [0.2, 0.25) is 0 Å². The van der Waals surface area contributed by atoms with Crippen molar-refractivity contribution in [3.63, 3.8) is 0 Å². The maximum atomic E-state index is 11.3. The molecule has 1 rings (SSSR count). The zero-order chi connectivity index (χ0) is 10.9. The number of carbonyl (C=O) groups is 2. The van der Waals surface area contributed by atoms with E-state index in [1.807, 2.05) is 0 Å². The van der Waals surface area contributed by atoms with Gasteiger partial charge in [0, 0.05) is 12.0 Å². The van der Waals surface area contributed by atoms with Crippen LogP contribution in [0.2, 0.25) is 0 Å². The molecule has 0 radical (unpaired) electrons. The van der Waals surface area contributed by atoms with E-state index in [4.69, 9.17) is 0 Å². The fourth-order valence-corrected chi connectivity index (χ4v) is 1.23. The predicted octanol–water partition coefficient (Wildman–Crippen LogP) is 1.44. The Hall–Kier alpha value is -1.58. The maximum absolute atomic E-state index is 11.3. The molecule has 0 fully saturated rings. The molecule has 14 heavy (non-hydrogen) atoms. The molecule has 0 saturated heterocycles. The molecule has 0 saturated carbocycles. The van der Waals surface area contributed by atoms with Crippen molar-refractivity contribution in [2.24, 2.45) is 5.92 Å². The van der Waals surface area contributed by atoms with Crippen molar-refractivity contribution in [2.45, 2.75) is 20.3 Å². The van der Waals surface area contributed by atoms with Crippen molar-refractivity contribution in [3.8, 4) is 0 Å². The highest BCUT2D eigenvalue weighted by Crippen LogP contribution is 2.23. The first kappa shape index (κ1) is 10.5. The van der Waals surface area contributed by atoms with Crippen molar-refractivity contribution in [3.05, 3.63) is 23.2 Å². The SMILES string of the molecule is CC(C)C(O)=C1C(=O)CC(=O)C=C1O. The molecule has 0 aliphatic heterocycles. The Balaban J connectivity index is 3.23. The van der Waals surface area contributed by atoms with E-state index in [0.717, 1.165) is 6.08 Å². The second kappa shape index (κ2) is 3.65. The van der Waals surface area contributed by atoms with Gasteiger partial charge in [0.05, 0.1) is 12.0 Å². The minimum atomic E-state index is -0.527. The molecule has 0 amide bonds. The highest BCUT2D eigenvalue weighted by Gasteiger charge is 2.27. The number of ketones is 2. The molecule has 0 bridgehead atoms. The quantitative estimate of drug-likeness (QED) is 0.378. The van der Waals surface area contributed by atoms with Crippen LogP contribution in [0.1, 0.15) is 20.3 Å². The van der Waals surface area contributed by atoms with E-state index in [-0.39, 0.29) is 23.7 Å². The molecule has 4 heteroatoms. The summed E-state index contributed by atoms with van der Waals surface area (Å²) < 4.78 is 0. The molecular weight excluding hydrogens is 184 g/mol. The fraction of sp³-hybridized carbons (Fsp3) is 0.400. The lowest BCUT2D eigenvalue weighted by atomic mass is 9.93. The van der Waals surface area contributed by atoms with Crippen LogP contribution in [0.15, 0.2) is 23.2 Å². The van der Waals surface area contributed by atoms with Gasteiger partial charge in [0.15, 0.2) is 11.6 Å². The minimum absolute atomic E-state index is 0.125. The largest absolute Gasteiger partial charge is 0.511 e. The van der Waals surface area contributed by atoms with Crippen LogP contribution in [0.4, 0.5) is 0 Å². The number of hydrogen-bond donors (Lipinski definition) is 2. The first-order valence-electron chi connectivity index (χ1n) is 4.33. The zero-order valence-corrected chi connectivity index (χ0v) is 8.07. The Morgan fingerprint density at radius 1 is 1.43 bits per heavy atom. The summed E-state index contributed by atoms with van der Waals surface area (Å²) in [4.78, 5) is 22.2. The maximum Gasteiger partial charge on any atom is 0.177 e. The molecule has 0 heterocycles. The number of allylic oxidation sites excluding steroid dienone is 3. The molecule has 4 nitrogen and oxygen atoms in total. The average Bonchev–Trinajstić information content (AvgIpc) is 2.01. The number of hydrogen-bond acceptors (Lipinski definition) is 4. The van der Waals surface area contributed by atoms with Crippen LogP contribution in [-0.4, -0.2) is 21.8 Å². The molecule has 0 aromatic heterocycles. The molecule has 2 N–H and O–H groups in total. The van der Waals surface area contributed by atoms with E-state index in [1.54, 1.807) is 13.8 Å². The van der Waals surface area contributed by atoms with Crippen LogP contribution in [-0.2, 0) is 9.59 Å². The molecule has 0 aromatic rings. The highest BCUT2D eigenvalue weighted by molar-refractivity contribution is 6.16. The summed E-state index contributed by atoms with van der Waals surface area (Å²) in [6.07, 6.45) is 0.686. The summed E-state index contributed by atoms with van der Waals surface area (Å²) in [5.41, 5.74) is -0.125. The molecule has 1 aliphatic carbocycles. The first-order chi connectivity index (χ1) is 6.43. The summed E-state index contributed by atoms with van der Waals surface area (Å²) in [7, 11) is 0. The third-order valence-electron chi connectivity index (χ3n) is 1.97. The van der Waals surface area contributed by atoms with E-state index < -0.39 is 17.3 Å². The number of rotatable bonds is 1. The number of aliphatic hydroxyl groups excluding tert-OH is 2. The van der Waals surface area contributed by atoms with Gasteiger partial charge in [-0.15, -0.1) is 0 Å². The zero-order valence-electron chi connectivity index (χ0n) is 8.07. The van der Waals surface area contributed by atoms with Gasteiger partial charge >= 0.3 is 0 Å². The van der Waals surface area contributed by atoms with Crippen LogP contribution >= 0.6 is 0 Å². The van der Waals surface area contributed by atoms with Crippen LogP contribution in [0.5, 0.6) is 0 Å². The summed E-state index contributed by atoms with van der Waals surface area (Å²) in [5.74, 6) is -1.82. The van der Waals surface area contributed by atoms with E-state index in [9.17, 15) is 19.8 Å². The van der Waals surface area contributed by atoms with Gasteiger partial charge in [-0.3, -0.25) is 9.59 Å². The van der Waals surface area contributed by atoms with Crippen LogP contribution in [0, 0.1) is 5.92 Å². The number of carbonyl (C=O) groups excluding carboxylic acids is 2. The lowest BCUT2D eigenvalue weighted by Gasteiger charge is -2.14. The monoisotopic (exact) mass is 196 g/mol. The standard InChI is InChI=1S/C10H12O4/c1-5(2)10(14)9-7(12)3-6(11)4-8(9)13/h3,5,12,14H,4H2,1-2H3. The normalized spacial score (nSPS) is 21.2. The lowest BCUT2D eigenvalue weighted by Crippen LogP contribution is -2.19. The van der Waals surface area contributed by atoms with Gasteiger partial charge < -0.3 is 10.2 Å². The van der Waals surface area contributed by atoms with Crippen molar-refractivity contribution in [1.82, 2.24) is 0 Å². The summed E-state index contributed by atoms with van der Waals surface area (Å²) >= 11 is 0. The van der Waals surface area contributed by atoms with E-state index >= 15 is 0 Å². The van der Waals surface area contributed by atoms with Crippen molar-refractivity contribution in [2.75, 3.05) is 0 Å². The van der Waals surface area contributed by atoms with Crippen molar-refractivity contribution >= 4 is 11.6 Å². The Bertz CT molecular complexity index is 347. The van der Waals surface area contributed by atoms with E-state index in [1.165, 1.54) is 0 Å². The number of Topliss-reactive ketones (excluding diaryl/α,β-unsaturated/α-hetero) is 1. The second-order valence-corrected chi connectivity index (χ2v) is 3.51. The molecule has 0 aromatic carbocycles. The summed E-state index contributed by atoms with van der Waals surface area (Å²) in [5, 5.41) is 18.9. The summed E-state index contributed by atoms with van der Waals surface area (Å²) in [6, 6.07) is 0. The van der Waals surface area contributed by atoms with Gasteiger partial charge in [-0.25, -0.2) is 0 Å². The van der Waals surface area contributed by atoms with Crippen LogP contribution in [0.25, 0.3) is 0 Å². The van der Waals surface area contributed by atoms with Gasteiger partial charge in [0.1, 0.15) is 11.5 Å². The van der Waals surface area contributed by atoms with Gasteiger partial charge in [-0.05, 0) is 0 Å². The number of aliphatic hydroxyl groups is 2. The smallest absolute Gasteiger partial charge is 0.177 e. The molecule has 76 valence electrons. The Kier molecular flexibility index (Phi) is 2.74. The van der Waals surface area contributed by atoms with E-state index in [2.05, 4.69) is 0 Å². The molecule has 0 spiro atoms. The molecule has 1 aliphatic rings. The van der Waals surface area contributed by atoms with Crippen molar-refractivity contribution < 1.29 is 19.8 Å². The van der Waals surface area contributed by atoms with Crippen LogP contribution < -0.4 is 0 Å². The Morgan fingerprint density at radius 2 is 2.00 bits per heavy atom. The van der Waals surface area contributed by atoms with Crippen LogP contribution in [0.3, 0.4) is 0 Å². The van der Waals surface area contributed by atoms with Gasteiger partial charge in [-0.1, -0.05) is 13.8 Å². The third-order valence-corrected chi connectivity index (χ3v) is 1.97.